The predicted molar refractivity (Wildman–Crippen MR) is 156 cm³/mol. The van der Waals surface area contributed by atoms with Crippen LogP contribution in [0, 0.1) is 0 Å². The number of nitrogens with one attached hydrogen (secondary N) is 2. The fourth-order valence-electron chi connectivity index (χ4n) is 5.06. The molecule has 0 radical (unpaired) electrons. The number of carbonyl (C=O) groups is 1. The van der Waals surface area contributed by atoms with Crippen LogP contribution in [0.5, 0.6) is 5.75 Å². The first-order valence-electron chi connectivity index (χ1n) is 13.1. The fraction of sp³-hybridized carbons (Fsp3) is 0.385. The van der Waals surface area contributed by atoms with Crippen molar-refractivity contribution in [2.45, 2.75) is 37.0 Å². The Morgan fingerprint density at radius 2 is 1.40 bits per heavy atom. The SMILES string of the molecule is N[C@@H]1C[C@H](N)CN(c2nc(Nc3ccc(NC(=O)c4ccccc4Cl)c(O)c3)nc(N3C[C@H](N)C[C@H](N)C3)n2)C1. The molecule has 4 atom stereocenters. The van der Waals surface area contributed by atoms with Crippen molar-refractivity contribution in [2.24, 2.45) is 22.9 Å². The van der Waals surface area contributed by atoms with Gasteiger partial charge in [-0.1, -0.05) is 23.7 Å². The number of hydrogen-bond acceptors (Lipinski definition) is 12. The second-order valence-corrected chi connectivity index (χ2v) is 10.8. The summed E-state index contributed by atoms with van der Waals surface area (Å²) in [6, 6.07) is 11.0. The summed E-state index contributed by atoms with van der Waals surface area (Å²) in [4.78, 5) is 30.5. The van der Waals surface area contributed by atoms with Gasteiger partial charge in [0.1, 0.15) is 5.75 Å². The predicted octanol–water partition coefficient (Wildman–Crippen LogP) is 0.956. The van der Waals surface area contributed by atoms with Gasteiger partial charge in [0, 0.05) is 62.1 Å². The largest absolute Gasteiger partial charge is 0.506 e. The van der Waals surface area contributed by atoms with Crippen LogP contribution in [0.25, 0.3) is 0 Å². The summed E-state index contributed by atoms with van der Waals surface area (Å²) in [5.74, 6) is 0.523. The number of hydrogen-bond donors (Lipinski definition) is 7. The average molecular weight is 568 g/mol. The van der Waals surface area contributed by atoms with Crippen LogP contribution in [0.3, 0.4) is 0 Å². The highest BCUT2D eigenvalue weighted by Crippen LogP contribution is 2.30. The number of rotatable bonds is 6. The zero-order chi connectivity index (χ0) is 28.4. The quantitative estimate of drug-likeness (QED) is 0.207. The molecule has 0 spiro atoms. The molecule has 2 fully saturated rings. The lowest BCUT2D eigenvalue weighted by Gasteiger charge is -2.37. The molecule has 0 unspecified atom stereocenters. The highest BCUT2D eigenvalue weighted by molar-refractivity contribution is 6.34. The maximum absolute atomic E-state index is 12.6. The van der Waals surface area contributed by atoms with E-state index in [0.717, 1.165) is 0 Å². The topological polar surface area (TPSA) is 211 Å². The zero-order valence-corrected chi connectivity index (χ0v) is 22.6. The van der Waals surface area contributed by atoms with Gasteiger partial charge < -0.3 is 48.5 Å². The summed E-state index contributed by atoms with van der Waals surface area (Å²) in [6.45, 7) is 2.21. The summed E-state index contributed by atoms with van der Waals surface area (Å²) in [6.07, 6.45) is 1.43. The molecule has 2 aromatic carbocycles. The van der Waals surface area contributed by atoms with E-state index in [2.05, 4.69) is 20.6 Å². The number of phenols is 1. The Labute approximate surface area is 236 Å². The van der Waals surface area contributed by atoms with Crippen molar-refractivity contribution >= 4 is 46.7 Å². The first-order chi connectivity index (χ1) is 19.1. The molecule has 13 nitrogen and oxygen atoms in total. The highest BCUT2D eigenvalue weighted by atomic mass is 35.5. The average Bonchev–Trinajstić information content (AvgIpc) is 2.89. The number of carbonyl (C=O) groups excluding carboxylic acids is 1. The minimum absolute atomic E-state index is 0.109. The molecule has 40 heavy (non-hydrogen) atoms. The Hall–Kier alpha value is -3.75. The molecule has 212 valence electrons. The van der Waals surface area contributed by atoms with E-state index < -0.39 is 5.91 Å². The third-order valence-electron chi connectivity index (χ3n) is 6.83. The summed E-state index contributed by atoms with van der Waals surface area (Å²) in [7, 11) is 0. The molecule has 1 aromatic heterocycles. The van der Waals surface area contributed by atoms with Gasteiger partial charge in [0.2, 0.25) is 17.8 Å². The number of nitrogens with zero attached hydrogens (tertiary/aromatic N) is 5. The molecule has 0 aliphatic carbocycles. The van der Waals surface area contributed by atoms with Gasteiger partial charge >= 0.3 is 0 Å². The summed E-state index contributed by atoms with van der Waals surface area (Å²) >= 11 is 6.12. The molecule has 2 aliphatic heterocycles. The number of amides is 1. The molecule has 14 heteroatoms. The van der Waals surface area contributed by atoms with Crippen LogP contribution in [0.4, 0.5) is 29.2 Å². The van der Waals surface area contributed by atoms with E-state index in [1.54, 1.807) is 36.4 Å². The fourth-order valence-corrected chi connectivity index (χ4v) is 5.28. The molecule has 0 saturated carbocycles. The van der Waals surface area contributed by atoms with E-state index in [1.165, 1.54) is 6.07 Å². The van der Waals surface area contributed by atoms with Gasteiger partial charge in [-0.2, -0.15) is 15.0 Å². The number of aromatic hydroxyl groups is 1. The Kier molecular flexibility index (Phi) is 8.19. The first kappa shape index (κ1) is 27.8. The standard InChI is InChI=1S/C26H34ClN11O2/c27-20-4-2-1-3-19(20)23(40)33-21-6-5-18(9-22(21)39)32-24-34-25(37-10-14(28)7-15(29)11-37)36-26(35-24)38-12-16(30)8-17(31)13-38/h1-6,9,14-17,39H,7-8,10-13,28-31H2,(H,33,40)(H,32,34,35,36)/t14-,15+,16-,17+. The minimum Gasteiger partial charge on any atom is -0.506 e. The number of nitrogens with two attached hydrogens (primary N) is 4. The molecule has 0 bridgehead atoms. The van der Waals surface area contributed by atoms with Gasteiger partial charge in [0.25, 0.3) is 5.91 Å². The van der Waals surface area contributed by atoms with Crippen LogP contribution in [0.15, 0.2) is 42.5 Å². The molecule has 2 saturated heterocycles. The highest BCUT2D eigenvalue weighted by Gasteiger charge is 2.29. The molecule has 1 amide bonds. The second kappa shape index (κ2) is 11.8. The Bertz CT molecular complexity index is 1310. The number of phenolic OH excluding ortho intramolecular Hbond substituents is 1. The van der Waals surface area contributed by atoms with Gasteiger partial charge in [-0.25, -0.2) is 0 Å². The van der Waals surface area contributed by atoms with E-state index in [4.69, 9.17) is 39.5 Å². The van der Waals surface area contributed by atoms with Crippen LogP contribution in [-0.2, 0) is 0 Å². The number of aromatic nitrogens is 3. The van der Waals surface area contributed by atoms with Gasteiger partial charge in [0.05, 0.1) is 16.3 Å². The lowest BCUT2D eigenvalue weighted by molar-refractivity contribution is 0.102. The van der Waals surface area contributed by atoms with Crippen LogP contribution in [0.2, 0.25) is 5.02 Å². The van der Waals surface area contributed by atoms with E-state index in [1.807, 2.05) is 9.80 Å². The third kappa shape index (κ3) is 6.51. The van der Waals surface area contributed by atoms with Crippen LogP contribution >= 0.6 is 11.6 Å². The van der Waals surface area contributed by atoms with Crippen LogP contribution in [0.1, 0.15) is 23.2 Å². The van der Waals surface area contributed by atoms with E-state index in [-0.39, 0.29) is 41.6 Å². The van der Waals surface area contributed by atoms with Crippen molar-refractivity contribution in [1.82, 2.24) is 15.0 Å². The maximum Gasteiger partial charge on any atom is 0.257 e. The number of anilines is 5. The van der Waals surface area contributed by atoms with Crippen molar-refractivity contribution < 1.29 is 9.90 Å². The monoisotopic (exact) mass is 567 g/mol. The van der Waals surface area contributed by atoms with Gasteiger partial charge in [-0.05, 0) is 37.1 Å². The molecule has 11 N–H and O–H groups in total. The lowest BCUT2D eigenvalue weighted by Crippen LogP contribution is -2.54. The van der Waals surface area contributed by atoms with Crippen LogP contribution in [-0.4, -0.2) is 76.3 Å². The van der Waals surface area contributed by atoms with Crippen molar-refractivity contribution in [3.05, 3.63) is 53.1 Å². The van der Waals surface area contributed by atoms with E-state index in [0.29, 0.717) is 67.2 Å². The first-order valence-corrected chi connectivity index (χ1v) is 13.5. The molecule has 2 aliphatic rings. The maximum atomic E-state index is 12.6. The number of piperidine rings is 2. The minimum atomic E-state index is -0.441. The number of benzene rings is 2. The summed E-state index contributed by atoms with van der Waals surface area (Å²) in [5, 5.41) is 16.8. The van der Waals surface area contributed by atoms with Crippen molar-refractivity contribution in [2.75, 3.05) is 46.6 Å². The Morgan fingerprint density at radius 3 is 1.93 bits per heavy atom. The van der Waals surface area contributed by atoms with Gasteiger partial charge in [0.15, 0.2) is 0 Å². The van der Waals surface area contributed by atoms with E-state index in [9.17, 15) is 9.90 Å². The molecule has 3 heterocycles. The molecule has 3 aromatic rings. The lowest BCUT2D eigenvalue weighted by atomic mass is 10.0. The molecular weight excluding hydrogens is 534 g/mol. The molecule has 5 rings (SSSR count). The van der Waals surface area contributed by atoms with Gasteiger partial charge in [-0.3, -0.25) is 4.79 Å². The Morgan fingerprint density at radius 1 is 0.850 bits per heavy atom. The molecular formula is C26H34ClN11O2. The smallest absolute Gasteiger partial charge is 0.257 e. The third-order valence-corrected chi connectivity index (χ3v) is 7.16. The summed E-state index contributed by atoms with van der Waals surface area (Å²) in [5.41, 5.74) is 25.9. The normalized spacial score (nSPS) is 23.1. The van der Waals surface area contributed by atoms with Gasteiger partial charge in [-0.15, -0.1) is 0 Å². The second-order valence-electron chi connectivity index (χ2n) is 10.4. The van der Waals surface area contributed by atoms with E-state index >= 15 is 0 Å². The van der Waals surface area contributed by atoms with Crippen molar-refractivity contribution in [1.29, 1.82) is 0 Å². The van der Waals surface area contributed by atoms with Crippen molar-refractivity contribution in [3.63, 3.8) is 0 Å². The summed E-state index contributed by atoms with van der Waals surface area (Å²) < 4.78 is 0. The zero-order valence-electron chi connectivity index (χ0n) is 21.9. The van der Waals surface area contributed by atoms with Crippen molar-refractivity contribution in [3.8, 4) is 5.75 Å². The number of halogens is 1. The van der Waals surface area contributed by atoms with Crippen LogP contribution < -0.4 is 43.4 Å². The Balaban J connectivity index is 1.40.